The predicted molar refractivity (Wildman–Crippen MR) is 110 cm³/mol. The van der Waals surface area contributed by atoms with E-state index in [0.29, 0.717) is 8.95 Å². The average Bonchev–Trinajstić information content (AvgIpc) is 2.70. The maximum Gasteiger partial charge on any atom is 0.349 e. The second-order valence-corrected chi connectivity index (χ2v) is 7.36. The van der Waals surface area contributed by atoms with Crippen molar-refractivity contribution in [1.82, 2.24) is 24.7 Å². The Labute approximate surface area is 183 Å². The Balaban J connectivity index is 2.03. The lowest BCUT2D eigenvalue weighted by Gasteiger charge is -2.13. The summed E-state index contributed by atoms with van der Waals surface area (Å²) in [6, 6.07) is 4.47. The van der Waals surface area contributed by atoms with Gasteiger partial charge in [-0.25, -0.2) is 9.78 Å². The van der Waals surface area contributed by atoms with Gasteiger partial charge in [0.1, 0.15) is 11.8 Å². The van der Waals surface area contributed by atoms with Crippen LogP contribution in [0, 0.1) is 11.3 Å². The summed E-state index contributed by atoms with van der Waals surface area (Å²) in [6.07, 6.45) is 1.18. The largest absolute Gasteiger partial charge is 0.435 e. The van der Waals surface area contributed by atoms with Gasteiger partial charge in [0.05, 0.1) is 20.8 Å². The van der Waals surface area contributed by atoms with Crippen LogP contribution in [-0.2, 0) is 0 Å². The summed E-state index contributed by atoms with van der Waals surface area (Å²) in [5, 5.41) is 12.7. The third kappa shape index (κ3) is 4.20. The summed E-state index contributed by atoms with van der Waals surface area (Å²) in [5.74, 6) is -1.01. The summed E-state index contributed by atoms with van der Waals surface area (Å²) in [5.41, 5.74) is -2.92. The molecule has 0 aliphatic heterocycles. The number of benzene rings is 1. The first kappa shape index (κ1) is 16.9. The van der Waals surface area contributed by atoms with E-state index in [0.717, 1.165) is 4.68 Å². The van der Waals surface area contributed by atoms with Crippen molar-refractivity contribution in [3.05, 3.63) is 69.9 Å². The van der Waals surface area contributed by atoms with Crippen molar-refractivity contribution in [2.24, 2.45) is 0 Å². The van der Waals surface area contributed by atoms with Crippen LogP contribution >= 0.6 is 31.9 Å². The van der Waals surface area contributed by atoms with Gasteiger partial charge in [-0.05, 0) is 44.0 Å². The molecule has 3 aromatic rings. The third-order valence-electron chi connectivity index (χ3n) is 3.57. The van der Waals surface area contributed by atoms with Gasteiger partial charge in [0.15, 0.2) is 5.75 Å². The molecule has 1 atom stereocenters. The fourth-order valence-electron chi connectivity index (χ4n) is 2.27. The van der Waals surface area contributed by atoms with Gasteiger partial charge in [-0.1, -0.05) is 13.8 Å². The lowest BCUT2D eigenvalue weighted by molar-refractivity contribution is 0.449. The molecule has 2 heterocycles. The molecule has 0 amide bonds. The quantitative estimate of drug-likeness (QED) is 0.530. The van der Waals surface area contributed by atoms with Crippen molar-refractivity contribution in [1.29, 1.82) is 5.26 Å². The molecule has 0 spiro atoms. The van der Waals surface area contributed by atoms with E-state index in [9.17, 15) is 14.4 Å². The topological polar surface area (TPSA) is 147 Å². The van der Waals surface area contributed by atoms with Crippen LogP contribution in [0.2, 0.25) is 0 Å². The molecule has 2 aromatic heterocycles. The van der Waals surface area contributed by atoms with E-state index in [4.69, 9.17) is 14.1 Å². The third-order valence-corrected chi connectivity index (χ3v) is 4.75. The van der Waals surface area contributed by atoms with Crippen molar-refractivity contribution in [3.8, 4) is 23.4 Å². The highest BCUT2D eigenvalue weighted by Crippen LogP contribution is 2.37. The molecular weight excluding hydrogens is 512 g/mol. The van der Waals surface area contributed by atoms with Gasteiger partial charge in [-0.15, -0.1) is 5.10 Å². The van der Waals surface area contributed by atoms with Crippen LogP contribution in [0.15, 0.2) is 41.7 Å². The van der Waals surface area contributed by atoms with Crippen molar-refractivity contribution in [3.63, 3.8) is 0 Å². The van der Waals surface area contributed by atoms with Crippen LogP contribution in [0.5, 0.6) is 11.6 Å². The van der Waals surface area contributed by atoms with Gasteiger partial charge >= 0.3 is 5.69 Å². The molecule has 1 aromatic carbocycles. The van der Waals surface area contributed by atoms with Gasteiger partial charge in [0, 0.05) is 10.0 Å². The SMILES string of the molecule is [2H]C([2H])([2H])C(C)c1nc(Oc2c(Br)cc(-n3nc(C#N)c(=O)[nH]c3=O)cc2Br)c[nH]c1=O. The number of nitriles is 1. The number of nitrogens with one attached hydrogen (secondary N) is 2. The molecule has 0 aliphatic rings. The van der Waals surface area contributed by atoms with E-state index >= 15 is 0 Å². The second kappa shape index (κ2) is 8.14. The molecule has 2 N–H and O–H groups in total. The first-order valence-electron chi connectivity index (χ1n) is 9.33. The van der Waals surface area contributed by atoms with Crippen molar-refractivity contribution in [2.75, 3.05) is 0 Å². The number of hydrogen-bond donors (Lipinski definition) is 2. The molecule has 0 aliphatic carbocycles. The maximum absolute atomic E-state index is 12.1. The van der Waals surface area contributed by atoms with Crippen LogP contribution in [0.1, 0.15) is 35.2 Å². The summed E-state index contributed by atoms with van der Waals surface area (Å²) in [6.45, 7) is -1.07. The second-order valence-electron chi connectivity index (χ2n) is 5.65. The highest BCUT2D eigenvalue weighted by molar-refractivity contribution is 9.11. The Hall–Kier alpha value is -3.04. The lowest BCUT2D eigenvalue weighted by atomic mass is 10.1. The Bertz CT molecular complexity index is 1400. The van der Waals surface area contributed by atoms with Gasteiger partial charge in [-0.3, -0.25) is 14.6 Å². The van der Waals surface area contributed by atoms with Crippen LogP contribution < -0.4 is 21.5 Å². The van der Waals surface area contributed by atoms with Crippen molar-refractivity contribution >= 4 is 31.9 Å². The number of aromatic nitrogens is 5. The Morgan fingerprint density at radius 1 is 1.28 bits per heavy atom. The molecule has 0 saturated carbocycles. The molecule has 0 bridgehead atoms. The summed E-state index contributed by atoms with van der Waals surface area (Å²) < 4.78 is 29.7. The smallest absolute Gasteiger partial charge is 0.349 e. The van der Waals surface area contributed by atoms with Crippen LogP contribution in [-0.4, -0.2) is 24.7 Å². The predicted octanol–water partition coefficient (Wildman–Crippen LogP) is 2.32. The number of nitrogens with zero attached hydrogens (tertiary/aromatic N) is 4. The normalized spacial score (nSPS) is 13.7. The average molecular weight is 527 g/mol. The van der Waals surface area contributed by atoms with Crippen LogP contribution in [0.4, 0.5) is 0 Å². The minimum atomic E-state index is -2.43. The monoisotopic (exact) mass is 525 g/mol. The summed E-state index contributed by atoms with van der Waals surface area (Å²) in [4.78, 5) is 44.1. The van der Waals surface area contributed by atoms with Gasteiger partial charge in [0.25, 0.3) is 11.1 Å². The number of aromatic amines is 2. The van der Waals surface area contributed by atoms with E-state index in [2.05, 4.69) is 46.9 Å². The Morgan fingerprint density at radius 2 is 1.97 bits per heavy atom. The van der Waals surface area contributed by atoms with Gasteiger partial charge in [0.2, 0.25) is 11.6 Å². The Morgan fingerprint density at radius 3 is 2.59 bits per heavy atom. The maximum atomic E-state index is 12.1. The number of rotatable bonds is 4. The Kier molecular flexibility index (Phi) is 4.74. The van der Waals surface area contributed by atoms with E-state index in [1.165, 1.54) is 25.3 Å². The number of ether oxygens (including phenoxy) is 1. The van der Waals surface area contributed by atoms with Gasteiger partial charge < -0.3 is 9.72 Å². The molecule has 12 heteroatoms. The zero-order chi connectivity index (χ0) is 23.8. The van der Waals surface area contributed by atoms with Crippen LogP contribution in [0.3, 0.4) is 0 Å². The zero-order valence-corrected chi connectivity index (χ0v) is 17.7. The molecule has 148 valence electrons. The first-order chi connectivity index (χ1) is 14.9. The summed E-state index contributed by atoms with van der Waals surface area (Å²) in [7, 11) is 0. The first-order valence-corrected chi connectivity index (χ1v) is 9.41. The molecule has 10 nitrogen and oxygen atoms in total. The fraction of sp³-hybridized carbons (Fsp3) is 0.176. The lowest BCUT2D eigenvalue weighted by Crippen LogP contribution is -2.33. The van der Waals surface area contributed by atoms with E-state index < -0.39 is 35.3 Å². The molecule has 3 rings (SSSR count). The van der Waals surface area contributed by atoms with E-state index in [1.54, 1.807) is 6.07 Å². The van der Waals surface area contributed by atoms with Gasteiger partial charge in [-0.2, -0.15) is 9.94 Å². The zero-order valence-electron chi connectivity index (χ0n) is 17.5. The standard InChI is InChI=1S/C17H12Br2N6O4/c1-7(2)13-16(27)21-6-12(22-13)29-14-9(18)3-8(4-10(14)19)25-17(28)23-15(26)11(5-20)24-25/h3-4,6-7H,1-2H3,(H,21,27)(H,23,26,28)/i1D3. The molecular formula is C17H12Br2N6O4. The van der Waals surface area contributed by atoms with Crippen molar-refractivity contribution in [2.45, 2.75) is 19.7 Å². The van der Waals surface area contributed by atoms with Crippen LogP contribution in [0.25, 0.3) is 5.69 Å². The highest BCUT2D eigenvalue weighted by atomic mass is 79.9. The van der Waals surface area contributed by atoms with Crippen molar-refractivity contribution < 1.29 is 8.85 Å². The molecule has 0 saturated heterocycles. The summed E-state index contributed by atoms with van der Waals surface area (Å²) >= 11 is 6.59. The molecule has 0 radical (unpaired) electrons. The molecule has 29 heavy (non-hydrogen) atoms. The minimum absolute atomic E-state index is 0.0732. The number of hydrogen-bond acceptors (Lipinski definition) is 7. The number of halogens is 2. The number of H-pyrrole nitrogens is 2. The minimum Gasteiger partial charge on any atom is -0.435 e. The highest BCUT2D eigenvalue weighted by Gasteiger charge is 2.16. The molecule has 1 unspecified atom stereocenters. The fourth-order valence-corrected chi connectivity index (χ4v) is 3.59. The van der Waals surface area contributed by atoms with E-state index in [-0.39, 0.29) is 23.0 Å². The van der Waals surface area contributed by atoms with E-state index in [1.807, 2.05) is 4.98 Å². The molecule has 0 fully saturated rings.